The van der Waals surface area contributed by atoms with E-state index < -0.39 is 0 Å². The van der Waals surface area contributed by atoms with Gasteiger partial charge in [-0.15, -0.1) is 11.8 Å². The Bertz CT molecular complexity index is 406. The van der Waals surface area contributed by atoms with E-state index in [-0.39, 0.29) is 5.91 Å². The Morgan fingerprint density at radius 1 is 1.47 bits per heavy atom. The number of rotatable bonds is 5. The van der Waals surface area contributed by atoms with E-state index >= 15 is 0 Å². The molecule has 0 aliphatic carbocycles. The zero-order chi connectivity index (χ0) is 12.1. The van der Waals surface area contributed by atoms with Crippen molar-refractivity contribution in [2.24, 2.45) is 0 Å². The summed E-state index contributed by atoms with van der Waals surface area (Å²) < 4.78 is 0. The van der Waals surface area contributed by atoms with Gasteiger partial charge in [-0.3, -0.25) is 4.79 Å². The van der Waals surface area contributed by atoms with E-state index in [0.29, 0.717) is 5.75 Å². The normalized spacial score (nSPS) is 14.3. The van der Waals surface area contributed by atoms with Gasteiger partial charge in [-0.05, 0) is 43.6 Å². The number of aryl methyl sites for hydroxylation is 1. The number of carbonyl (C=O) groups excluding carboxylic acids is 1. The molecule has 0 atom stereocenters. The summed E-state index contributed by atoms with van der Waals surface area (Å²) in [6.45, 7) is 4.19. The van der Waals surface area contributed by atoms with Gasteiger partial charge in [0.25, 0.3) is 0 Å². The molecule has 1 aliphatic heterocycles. The fraction of sp³-hybridized carbons (Fsp3) is 0.462. The van der Waals surface area contributed by atoms with Crippen LogP contribution in [-0.2, 0) is 11.2 Å². The summed E-state index contributed by atoms with van der Waals surface area (Å²) in [6.07, 6.45) is 2.19. The van der Waals surface area contributed by atoms with Crippen LogP contribution in [0.25, 0.3) is 0 Å². The highest BCUT2D eigenvalue weighted by molar-refractivity contribution is 8.00. The Labute approximate surface area is 106 Å². The minimum atomic E-state index is 0.104. The van der Waals surface area contributed by atoms with Gasteiger partial charge in [-0.25, -0.2) is 0 Å². The number of anilines is 1. The number of nitrogens with one attached hydrogen (secondary N) is 2. The third kappa shape index (κ3) is 3.48. The van der Waals surface area contributed by atoms with Crippen LogP contribution in [0.2, 0.25) is 0 Å². The van der Waals surface area contributed by atoms with Crippen molar-refractivity contribution < 1.29 is 4.79 Å². The molecule has 0 saturated heterocycles. The van der Waals surface area contributed by atoms with Gasteiger partial charge >= 0.3 is 0 Å². The van der Waals surface area contributed by atoms with Crippen LogP contribution in [0.3, 0.4) is 0 Å². The van der Waals surface area contributed by atoms with E-state index in [1.54, 1.807) is 11.8 Å². The minimum Gasteiger partial charge on any atom is -0.324 e. The smallest absolute Gasteiger partial charge is 0.234 e. The molecule has 92 valence electrons. The molecular formula is C13H18N2OS. The number of hydrogen-bond acceptors (Lipinski definition) is 3. The van der Waals surface area contributed by atoms with E-state index in [0.717, 1.165) is 31.6 Å². The molecule has 0 bridgehead atoms. The number of benzene rings is 1. The van der Waals surface area contributed by atoms with Crippen molar-refractivity contribution in [2.75, 3.05) is 24.2 Å². The first-order valence-electron chi connectivity index (χ1n) is 6.06. The van der Waals surface area contributed by atoms with E-state index in [4.69, 9.17) is 0 Å². The molecule has 3 nitrogen and oxygen atoms in total. The number of amides is 1. The maximum Gasteiger partial charge on any atom is 0.234 e. The summed E-state index contributed by atoms with van der Waals surface area (Å²) in [6, 6.07) is 6.38. The Morgan fingerprint density at radius 3 is 3.18 bits per heavy atom. The number of fused-ring (bicyclic) bond motifs is 1. The van der Waals surface area contributed by atoms with Gasteiger partial charge in [-0.2, -0.15) is 0 Å². The molecule has 0 radical (unpaired) electrons. The zero-order valence-electron chi connectivity index (χ0n) is 10.1. The molecule has 0 aromatic heterocycles. The molecule has 1 aromatic carbocycles. The minimum absolute atomic E-state index is 0.104. The predicted molar refractivity (Wildman–Crippen MR) is 72.7 cm³/mol. The number of carbonyl (C=O) groups is 1. The van der Waals surface area contributed by atoms with E-state index in [2.05, 4.69) is 35.8 Å². The van der Waals surface area contributed by atoms with E-state index in [1.165, 1.54) is 10.5 Å². The van der Waals surface area contributed by atoms with Crippen molar-refractivity contribution >= 4 is 23.4 Å². The molecule has 2 rings (SSSR count). The van der Waals surface area contributed by atoms with Gasteiger partial charge in [0, 0.05) is 4.90 Å². The third-order valence-electron chi connectivity index (χ3n) is 2.75. The van der Waals surface area contributed by atoms with Gasteiger partial charge in [0.05, 0.1) is 11.4 Å². The highest BCUT2D eigenvalue weighted by atomic mass is 32.2. The quantitative estimate of drug-likeness (QED) is 0.788. The average molecular weight is 250 g/mol. The molecule has 17 heavy (non-hydrogen) atoms. The van der Waals surface area contributed by atoms with Crippen molar-refractivity contribution in [2.45, 2.75) is 24.7 Å². The largest absolute Gasteiger partial charge is 0.324 e. The lowest BCUT2D eigenvalue weighted by Gasteiger charge is -2.17. The summed E-state index contributed by atoms with van der Waals surface area (Å²) >= 11 is 1.61. The monoisotopic (exact) mass is 250 g/mol. The first kappa shape index (κ1) is 12.5. The molecule has 0 fully saturated rings. The van der Waals surface area contributed by atoms with Crippen LogP contribution in [0.15, 0.2) is 23.1 Å². The zero-order valence-corrected chi connectivity index (χ0v) is 10.9. The summed E-state index contributed by atoms with van der Waals surface area (Å²) in [5.41, 5.74) is 2.27. The van der Waals surface area contributed by atoms with Crippen LogP contribution < -0.4 is 10.6 Å². The lowest BCUT2D eigenvalue weighted by atomic mass is 10.1. The van der Waals surface area contributed by atoms with Crippen LogP contribution in [0.4, 0.5) is 5.69 Å². The lowest BCUT2D eigenvalue weighted by molar-refractivity contribution is -0.113. The maximum atomic E-state index is 11.3. The predicted octanol–water partition coefficient (Wildman–Crippen LogP) is 2.27. The van der Waals surface area contributed by atoms with Crippen molar-refractivity contribution in [3.8, 4) is 0 Å². The molecule has 2 N–H and O–H groups in total. The summed E-state index contributed by atoms with van der Waals surface area (Å²) in [7, 11) is 0. The van der Waals surface area contributed by atoms with E-state index in [1.807, 2.05) is 0 Å². The molecule has 0 saturated carbocycles. The molecule has 1 aliphatic rings. The second-order valence-electron chi connectivity index (χ2n) is 4.12. The topological polar surface area (TPSA) is 41.1 Å². The SMILES string of the molecule is CCNCCCc1ccc2c(c1)NC(=O)CS2. The van der Waals surface area contributed by atoms with Crippen LogP contribution in [-0.4, -0.2) is 24.7 Å². The Balaban J connectivity index is 1.95. The Kier molecular flexibility index (Phi) is 4.45. The molecule has 1 aromatic rings. The maximum absolute atomic E-state index is 11.3. The molecule has 1 amide bonds. The summed E-state index contributed by atoms with van der Waals surface area (Å²) in [5, 5.41) is 6.24. The fourth-order valence-electron chi connectivity index (χ4n) is 1.88. The van der Waals surface area contributed by atoms with Gasteiger partial charge in [0.1, 0.15) is 0 Å². The summed E-state index contributed by atoms with van der Waals surface area (Å²) in [5.74, 6) is 0.638. The second kappa shape index (κ2) is 6.07. The highest BCUT2D eigenvalue weighted by Gasteiger charge is 2.14. The Hall–Kier alpha value is -1.000. The standard InChI is InChI=1S/C13H18N2OS/c1-2-14-7-3-4-10-5-6-12-11(8-10)15-13(16)9-17-12/h5-6,8,14H,2-4,7,9H2,1H3,(H,15,16). The van der Waals surface area contributed by atoms with Crippen LogP contribution in [0, 0.1) is 0 Å². The first-order chi connectivity index (χ1) is 8.29. The van der Waals surface area contributed by atoms with E-state index in [9.17, 15) is 4.79 Å². The molecule has 0 unspecified atom stereocenters. The van der Waals surface area contributed by atoms with Gasteiger partial charge in [0.2, 0.25) is 5.91 Å². The number of hydrogen-bond donors (Lipinski definition) is 2. The van der Waals surface area contributed by atoms with Crippen LogP contribution in [0.5, 0.6) is 0 Å². The summed E-state index contributed by atoms with van der Waals surface area (Å²) in [4.78, 5) is 12.5. The average Bonchev–Trinajstić information content (AvgIpc) is 2.34. The van der Waals surface area contributed by atoms with Crippen molar-refractivity contribution in [3.63, 3.8) is 0 Å². The molecule has 1 heterocycles. The lowest BCUT2D eigenvalue weighted by Crippen LogP contribution is -2.18. The second-order valence-corrected chi connectivity index (χ2v) is 5.14. The number of thioether (sulfide) groups is 1. The molecule has 4 heteroatoms. The molecular weight excluding hydrogens is 232 g/mol. The first-order valence-corrected chi connectivity index (χ1v) is 7.04. The van der Waals surface area contributed by atoms with Gasteiger partial charge in [-0.1, -0.05) is 13.0 Å². The Morgan fingerprint density at radius 2 is 2.35 bits per heavy atom. The van der Waals surface area contributed by atoms with Crippen molar-refractivity contribution in [1.82, 2.24) is 5.32 Å². The van der Waals surface area contributed by atoms with Crippen LogP contribution >= 0.6 is 11.8 Å². The van der Waals surface area contributed by atoms with Crippen molar-refractivity contribution in [3.05, 3.63) is 23.8 Å². The van der Waals surface area contributed by atoms with Crippen LogP contribution in [0.1, 0.15) is 18.9 Å². The van der Waals surface area contributed by atoms with Gasteiger partial charge < -0.3 is 10.6 Å². The molecule has 0 spiro atoms. The third-order valence-corrected chi connectivity index (χ3v) is 3.82. The highest BCUT2D eigenvalue weighted by Crippen LogP contribution is 2.32. The van der Waals surface area contributed by atoms with Gasteiger partial charge in [0.15, 0.2) is 0 Å². The van der Waals surface area contributed by atoms with Crippen molar-refractivity contribution in [1.29, 1.82) is 0 Å². The fourth-order valence-corrected chi connectivity index (χ4v) is 2.67.